The smallest absolute Gasteiger partial charge is 0.218 e. The van der Waals surface area contributed by atoms with E-state index in [9.17, 15) is 5.21 Å². The summed E-state index contributed by atoms with van der Waals surface area (Å²) in [7, 11) is 0. The van der Waals surface area contributed by atoms with Crippen LogP contribution in [0.2, 0.25) is 20.1 Å². The van der Waals surface area contributed by atoms with Crippen LogP contribution in [0.25, 0.3) is 0 Å². The Bertz CT molecular complexity index is 987. The van der Waals surface area contributed by atoms with Crippen LogP contribution in [-0.4, -0.2) is 20.2 Å². The van der Waals surface area contributed by atoms with Crippen LogP contribution in [0.3, 0.4) is 0 Å². The zero-order valence-corrected chi connectivity index (χ0v) is 17.3. The van der Waals surface area contributed by atoms with E-state index in [-0.39, 0.29) is 6.54 Å². The van der Waals surface area contributed by atoms with E-state index in [0.717, 1.165) is 10.3 Å². The van der Waals surface area contributed by atoms with Crippen LogP contribution in [-0.2, 0) is 6.54 Å². The largest absolute Gasteiger partial charge is 0.623 e. The van der Waals surface area contributed by atoms with Crippen LogP contribution in [0.1, 0.15) is 24.1 Å². The molecule has 1 aromatic heterocycles. The third-order valence-electron chi connectivity index (χ3n) is 4.16. The van der Waals surface area contributed by atoms with E-state index in [2.05, 4.69) is 5.10 Å². The highest BCUT2D eigenvalue weighted by molar-refractivity contribution is 6.42. The Morgan fingerprint density at radius 2 is 1.85 bits per heavy atom. The first kappa shape index (κ1) is 20.0. The predicted octanol–water partition coefficient (Wildman–Crippen LogP) is 6.26. The van der Waals surface area contributed by atoms with Crippen molar-refractivity contribution >= 4 is 52.1 Å². The van der Waals surface area contributed by atoms with Gasteiger partial charge in [-0.25, -0.2) is 4.74 Å². The van der Waals surface area contributed by atoms with E-state index in [1.54, 1.807) is 66.5 Å². The number of rotatable bonds is 5. The van der Waals surface area contributed by atoms with Crippen molar-refractivity contribution in [3.05, 3.63) is 91.3 Å². The summed E-state index contributed by atoms with van der Waals surface area (Å²) < 4.78 is 2.57. The fourth-order valence-electron chi connectivity index (χ4n) is 2.69. The molecule has 27 heavy (non-hydrogen) atoms. The van der Waals surface area contributed by atoms with E-state index in [1.807, 2.05) is 0 Å². The monoisotopic (exact) mass is 441 g/mol. The lowest BCUT2D eigenvalue weighted by molar-refractivity contribution is -0.504. The summed E-state index contributed by atoms with van der Waals surface area (Å²) in [5.41, 5.74) is 1.79. The minimum absolute atomic E-state index is 0.253. The zero-order valence-electron chi connectivity index (χ0n) is 14.2. The summed E-state index contributed by atoms with van der Waals surface area (Å²) in [4.78, 5) is 0. The maximum absolute atomic E-state index is 13.3. The van der Waals surface area contributed by atoms with Crippen molar-refractivity contribution < 1.29 is 4.74 Å². The van der Waals surface area contributed by atoms with E-state index in [0.29, 0.717) is 31.4 Å². The van der Waals surface area contributed by atoms with Gasteiger partial charge < -0.3 is 5.21 Å². The van der Waals surface area contributed by atoms with Crippen LogP contribution in [0.4, 0.5) is 0 Å². The van der Waals surface area contributed by atoms with Gasteiger partial charge in [-0.2, -0.15) is 5.10 Å². The Morgan fingerprint density at radius 3 is 2.48 bits per heavy atom. The third kappa shape index (κ3) is 4.58. The molecule has 0 bridgehead atoms. The molecule has 3 aromatic rings. The molecular formula is C19H15Cl4N3O. The molecule has 0 aliphatic rings. The van der Waals surface area contributed by atoms with E-state index in [4.69, 9.17) is 46.4 Å². The molecule has 0 aliphatic carbocycles. The first-order valence-electron chi connectivity index (χ1n) is 8.07. The molecule has 0 aliphatic heterocycles. The molecule has 4 nitrogen and oxygen atoms in total. The zero-order chi connectivity index (χ0) is 19.6. The molecule has 0 fully saturated rings. The van der Waals surface area contributed by atoms with Gasteiger partial charge in [-0.15, -0.1) is 0 Å². The normalized spacial score (nSPS) is 13.4. The van der Waals surface area contributed by atoms with Gasteiger partial charge in [0, 0.05) is 29.9 Å². The standard InChI is InChI=1S/C19H15Cl4N3O/c1-12(13-3-6-16(21)18(23)9-13)26(27)19(11-25-8-2-7-24-25)15-5-4-14(20)10-17(15)22/h2-10,12H,11H2,1H3/b26-19-/t12-/m0/s1. The number of hydrogen-bond acceptors (Lipinski definition) is 2. The Balaban J connectivity index is 2.10. The lowest BCUT2D eigenvalue weighted by Crippen LogP contribution is -2.25. The molecular weight excluding hydrogens is 428 g/mol. The average molecular weight is 443 g/mol. The minimum atomic E-state index is -0.517. The molecule has 0 saturated carbocycles. The van der Waals surface area contributed by atoms with E-state index < -0.39 is 6.04 Å². The van der Waals surface area contributed by atoms with Gasteiger partial charge in [-0.05, 0) is 36.4 Å². The first-order valence-corrected chi connectivity index (χ1v) is 9.58. The molecule has 0 saturated heterocycles. The highest BCUT2D eigenvalue weighted by Crippen LogP contribution is 2.28. The summed E-state index contributed by atoms with van der Waals surface area (Å²) in [5, 5.41) is 19.2. The van der Waals surface area contributed by atoms with Crippen molar-refractivity contribution in [3.8, 4) is 0 Å². The van der Waals surface area contributed by atoms with E-state index >= 15 is 0 Å². The molecule has 3 rings (SSSR count). The van der Waals surface area contributed by atoms with Gasteiger partial charge in [0.25, 0.3) is 0 Å². The number of halogens is 4. The summed E-state index contributed by atoms with van der Waals surface area (Å²) in [6, 6.07) is 11.5. The summed E-state index contributed by atoms with van der Waals surface area (Å²) in [6.45, 7) is 2.04. The number of hydroxylamine groups is 1. The van der Waals surface area contributed by atoms with Crippen molar-refractivity contribution in [1.29, 1.82) is 0 Å². The molecule has 140 valence electrons. The van der Waals surface area contributed by atoms with Crippen LogP contribution >= 0.6 is 46.4 Å². The summed E-state index contributed by atoms with van der Waals surface area (Å²) in [6.07, 6.45) is 3.43. The van der Waals surface area contributed by atoms with Gasteiger partial charge in [-0.1, -0.05) is 52.5 Å². The number of benzene rings is 2. The number of aromatic nitrogens is 2. The second-order valence-corrected chi connectivity index (χ2v) is 7.61. The molecule has 2 aromatic carbocycles. The van der Waals surface area contributed by atoms with Gasteiger partial charge in [0.2, 0.25) is 5.71 Å². The predicted molar refractivity (Wildman–Crippen MR) is 111 cm³/mol. The number of hydrogen-bond donors (Lipinski definition) is 0. The second-order valence-electron chi connectivity index (χ2n) is 5.95. The minimum Gasteiger partial charge on any atom is -0.623 e. The number of nitrogens with zero attached hydrogens (tertiary/aromatic N) is 3. The highest BCUT2D eigenvalue weighted by atomic mass is 35.5. The van der Waals surface area contributed by atoms with E-state index in [1.165, 1.54) is 0 Å². The van der Waals surface area contributed by atoms with Gasteiger partial charge in [0.15, 0.2) is 6.04 Å². The van der Waals surface area contributed by atoms with Gasteiger partial charge in [0.05, 0.1) is 20.6 Å². The van der Waals surface area contributed by atoms with Crippen LogP contribution in [0.15, 0.2) is 54.9 Å². The lowest BCUT2D eigenvalue weighted by Gasteiger charge is -2.19. The van der Waals surface area contributed by atoms with Crippen molar-refractivity contribution in [1.82, 2.24) is 9.78 Å². The molecule has 0 amide bonds. The molecule has 0 N–H and O–H groups in total. The third-order valence-corrected chi connectivity index (χ3v) is 5.44. The van der Waals surface area contributed by atoms with Crippen LogP contribution < -0.4 is 0 Å². The Labute approximate surface area is 177 Å². The molecule has 0 radical (unpaired) electrons. The summed E-state index contributed by atoms with van der Waals surface area (Å²) in [5.74, 6) is 0. The van der Waals surface area contributed by atoms with Crippen molar-refractivity contribution in [3.63, 3.8) is 0 Å². The molecule has 1 atom stereocenters. The molecule has 1 heterocycles. The van der Waals surface area contributed by atoms with Gasteiger partial charge >= 0.3 is 0 Å². The molecule has 0 unspecified atom stereocenters. The quantitative estimate of drug-likeness (QED) is 0.202. The fraction of sp³-hybridized carbons (Fsp3) is 0.158. The van der Waals surface area contributed by atoms with Crippen molar-refractivity contribution in [2.75, 3.05) is 0 Å². The Hall–Kier alpha value is -1.72. The Kier molecular flexibility index (Phi) is 6.33. The first-order chi connectivity index (χ1) is 12.9. The molecule has 0 spiro atoms. The average Bonchev–Trinajstić information content (AvgIpc) is 3.14. The maximum Gasteiger partial charge on any atom is 0.218 e. The van der Waals surface area contributed by atoms with Crippen molar-refractivity contribution in [2.24, 2.45) is 0 Å². The second kappa shape index (κ2) is 8.53. The fourth-order valence-corrected chi connectivity index (χ4v) is 3.51. The summed E-state index contributed by atoms with van der Waals surface area (Å²) >= 11 is 24.5. The highest BCUT2D eigenvalue weighted by Gasteiger charge is 2.23. The van der Waals surface area contributed by atoms with Crippen molar-refractivity contribution in [2.45, 2.75) is 19.5 Å². The topological polar surface area (TPSA) is 43.9 Å². The Morgan fingerprint density at radius 1 is 1.07 bits per heavy atom. The lowest BCUT2D eigenvalue weighted by atomic mass is 10.1. The molecule has 8 heteroatoms. The van der Waals surface area contributed by atoms with Gasteiger partial charge in [0.1, 0.15) is 6.54 Å². The maximum atomic E-state index is 13.3. The SMILES string of the molecule is C[C@@H](c1ccc(Cl)c(Cl)c1)/[N+]([O-])=C(\Cn1cccn1)c1ccc(Cl)cc1Cl. The van der Waals surface area contributed by atoms with Crippen LogP contribution in [0.5, 0.6) is 0 Å². The van der Waals surface area contributed by atoms with Gasteiger partial charge in [-0.3, -0.25) is 4.68 Å². The van der Waals surface area contributed by atoms with Crippen LogP contribution in [0, 0.1) is 5.21 Å².